The van der Waals surface area contributed by atoms with Crippen molar-refractivity contribution >= 4 is 43.6 Å². The first kappa shape index (κ1) is 31.7. The average molecular weight is 737 g/mol. The van der Waals surface area contributed by atoms with E-state index in [1.807, 2.05) is 0 Å². The molecule has 2 atom stereocenters. The minimum atomic E-state index is 0.112. The maximum absolute atomic E-state index is 2.51. The summed E-state index contributed by atoms with van der Waals surface area (Å²) in [6.45, 7) is 0. The standard InChI is InChI=1S/C56H36N2/c1-3-15-35(16-4-1)51-43-23-9-7-19-39(43)45-31-32-46-40-20-8-10-24-44(40)52(54(46)53(45)51)36-27-29-38(30-28-36)58-50-26-14-12-22-42(50)48-34-33-47-41-21-11-13-25-49(41)57(55(47)56(48)58)37-17-5-2-6-18-37/h1-34,51-52H. The van der Waals surface area contributed by atoms with Crippen LogP contribution in [0.2, 0.25) is 0 Å². The zero-order chi connectivity index (χ0) is 37.9. The molecule has 2 heterocycles. The molecule has 2 unspecified atom stereocenters. The summed E-state index contributed by atoms with van der Waals surface area (Å²) in [6.07, 6.45) is 0. The van der Waals surface area contributed by atoms with Crippen molar-refractivity contribution < 1.29 is 0 Å². The third-order valence-electron chi connectivity index (χ3n) is 13.1. The van der Waals surface area contributed by atoms with E-state index >= 15 is 0 Å². The number of hydrogen-bond donors (Lipinski definition) is 0. The summed E-state index contributed by atoms with van der Waals surface area (Å²) < 4.78 is 4.97. The molecule has 0 bridgehead atoms. The fourth-order valence-electron chi connectivity index (χ4n) is 10.8. The van der Waals surface area contributed by atoms with Crippen molar-refractivity contribution in [2.24, 2.45) is 0 Å². The molecule has 0 fully saturated rings. The van der Waals surface area contributed by atoms with Gasteiger partial charge in [0.25, 0.3) is 0 Å². The van der Waals surface area contributed by atoms with Crippen molar-refractivity contribution in [3.05, 3.63) is 240 Å². The Labute approximate surface area is 336 Å². The van der Waals surface area contributed by atoms with Crippen LogP contribution in [-0.4, -0.2) is 9.13 Å². The van der Waals surface area contributed by atoms with Gasteiger partial charge >= 0.3 is 0 Å². The van der Waals surface area contributed by atoms with Crippen LogP contribution in [0.4, 0.5) is 0 Å². The summed E-state index contributed by atoms with van der Waals surface area (Å²) in [5, 5.41) is 5.04. The van der Waals surface area contributed by atoms with Gasteiger partial charge in [-0.25, -0.2) is 0 Å². The van der Waals surface area contributed by atoms with E-state index in [1.54, 1.807) is 0 Å². The maximum Gasteiger partial charge on any atom is 0.0788 e. The SMILES string of the molecule is c1ccc(C2c3ccccc3-c3ccc4c(c32)C(c2ccc(-n3c5ccccc5c5ccc6c7ccccc7n(-c7ccccc7)c6c53)cc2)c2ccccc2-4)cc1. The predicted molar refractivity (Wildman–Crippen MR) is 241 cm³/mol. The van der Waals surface area contributed by atoms with E-state index in [-0.39, 0.29) is 11.8 Å². The molecule has 0 aliphatic heterocycles. The molecule has 0 amide bonds. The van der Waals surface area contributed by atoms with Crippen molar-refractivity contribution in [3.63, 3.8) is 0 Å². The van der Waals surface area contributed by atoms with E-state index in [4.69, 9.17) is 0 Å². The molecule has 2 heteroatoms. The van der Waals surface area contributed by atoms with Gasteiger partial charge in [0.15, 0.2) is 0 Å². The molecule has 0 saturated carbocycles. The van der Waals surface area contributed by atoms with E-state index < -0.39 is 0 Å². The second-order valence-electron chi connectivity index (χ2n) is 15.9. The Morgan fingerprint density at radius 2 is 0.690 bits per heavy atom. The Balaban J connectivity index is 1.05. The smallest absolute Gasteiger partial charge is 0.0788 e. The van der Waals surface area contributed by atoms with E-state index in [0.29, 0.717) is 0 Å². The number of aromatic nitrogens is 2. The van der Waals surface area contributed by atoms with Gasteiger partial charge in [-0.15, -0.1) is 0 Å². The molecule has 2 nitrogen and oxygen atoms in total. The number of nitrogens with zero attached hydrogens (tertiary/aromatic N) is 2. The van der Waals surface area contributed by atoms with E-state index in [0.717, 1.165) is 11.4 Å². The van der Waals surface area contributed by atoms with Crippen molar-refractivity contribution in [1.82, 2.24) is 9.13 Å². The number of fused-ring (bicyclic) bond motifs is 14. The molecule has 58 heavy (non-hydrogen) atoms. The number of para-hydroxylation sites is 3. The lowest BCUT2D eigenvalue weighted by molar-refractivity contribution is 0.937. The zero-order valence-electron chi connectivity index (χ0n) is 31.7. The van der Waals surface area contributed by atoms with Crippen molar-refractivity contribution in [1.29, 1.82) is 0 Å². The van der Waals surface area contributed by atoms with Gasteiger partial charge < -0.3 is 9.13 Å². The second-order valence-corrected chi connectivity index (χ2v) is 15.9. The Morgan fingerprint density at radius 1 is 0.276 bits per heavy atom. The second kappa shape index (κ2) is 12.0. The monoisotopic (exact) mass is 736 g/mol. The minimum absolute atomic E-state index is 0.112. The normalized spacial score (nSPS) is 15.2. The molecule has 2 aliphatic rings. The van der Waals surface area contributed by atoms with E-state index in [2.05, 4.69) is 215 Å². The summed E-state index contributed by atoms with van der Waals surface area (Å²) in [5.41, 5.74) is 20.9. The third kappa shape index (κ3) is 4.27. The van der Waals surface area contributed by atoms with Crippen LogP contribution in [0.3, 0.4) is 0 Å². The van der Waals surface area contributed by atoms with Crippen LogP contribution in [-0.2, 0) is 0 Å². The van der Waals surface area contributed by atoms with Gasteiger partial charge in [-0.05, 0) is 92.0 Å². The number of benzene rings is 9. The highest BCUT2D eigenvalue weighted by Gasteiger charge is 2.39. The lowest BCUT2D eigenvalue weighted by Crippen LogP contribution is -2.07. The Bertz CT molecular complexity index is 3440. The van der Waals surface area contributed by atoms with Crippen molar-refractivity contribution in [2.75, 3.05) is 0 Å². The predicted octanol–water partition coefficient (Wildman–Crippen LogP) is 14.2. The van der Waals surface area contributed by atoms with Crippen LogP contribution in [0.1, 0.15) is 45.2 Å². The van der Waals surface area contributed by atoms with Gasteiger partial charge in [-0.1, -0.05) is 170 Å². The van der Waals surface area contributed by atoms with Gasteiger partial charge in [-0.3, -0.25) is 0 Å². The van der Waals surface area contributed by atoms with Gasteiger partial charge in [0.05, 0.1) is 22.1 Å². The summed E-state index contributed by atoms with van der Waals surface area (Å²) >= 11 is 0. The van der Waals surface area contributed by atoms with Crippen LogP contribution in [0.15, 0.2) is 206 Å². The molecule has 2 aliphatic carbocycles. The molecular formula is C56H36N2. The highest BCUT2D eigenvalue weighted by molar-refractivity contribution is 6.23. The van der Waals surface area contributed by atoms with Crippen molar-refractivity contribution in [3.8, 4) is 33.6 Å². The summed E-state index contributed by atoms with van der Waals surface area (Å²) in [7, 11) is 0. The van der Waals surface area contributed by atoms with Crippen LogP contribution in [0, 0.1) is 0 Å². The first-order valence-electron chi connectivity index (χ1n) is 20.3. The lowest BCUT2D eigenvalue weighted by atomic mass is 9.80. The van der Waals surface area contributed by atoms with Gasteiger partial charge in [0.2, 0.25) is 0 Å². The highest BCUT2D eigenvalue weighted by Crippen LogP contribution is 2.58. The lowest BCUT2D eigenvalue weighted by Gasteiger charge is -2.23. The largest absolute Gasteiger partial charge is 0.307 e. The first-order valence-corrected chi connectivity index (χ1v) is 20.3. The quantitative estimate of drug-likeness (QED) is 0.170. The molecule has 0 spiro atoms. The molecule has 2 aromatic heterocycles. The molecule has 0 N–H and O–H groups in total. The van der Waals surface area contributed by atoms with Gasteiger partial charge in [0, 0.05) is 44.8 Å². The Morgan fingerprint density at radius 3 is 1.22 bits per heavy atom. The fourth-order valence-corrected chi connectivity index (χ4v) is 10.8. The third-order valence-corrected chi connectivity index (χ3v) is 13.1. The molecule has 13 rings (SSSR count). The molecule has 270 valence electrons. The molecule has 0 radical (unpaired) electrons. The van der Waals surface area contributed by atoms with Gasteiger partial charge in [0.1, 0.15) is 0 Å². The topological polar surface area (TPSA) is 9.86 Å². The molecule has 9 aromatic carbocycles. The average Bonchev–Trinajstić information content (AvgIpc) is 4.02. The van der Waals surface area contributed by atoms with Crippen LogP contribution >= 0.6 is 0 Å². The zero-order valence-corrected chi connectivity index (χ0v) is 31.7. The maximum atomic E-state index is 2.51. The molecular weight excluding hydrogens is 701 g/mol. The minimum Gasteiger partial charge on any atom is -0.307 e. The van der Waals surface area contributed by atoms with Crippen LogP contribution in [0.5, 0.6) is 0 Å². The summed E-state index contributed by atoms with van der Waals surface area (Å²) in [4.78, 5) is 0. The van der Waals surface area contributed by atoms with E-state index in [1.165, 1.54) is 99.2 Å². The number of hydrogen-bond acceptors (Lipinski definition) is 0. The fraction of sp³-hybridized carbons (Fsp3) is 0.0357. The summed E-state index contributed by atoms with van der Waals surface area (Å²) in [5.74, 6) is 0.288. The van der Waals surface area contributed by atoms with E-state index in [9.17, 15) is 0 Å². The first-order chi connectivity index (χ1) is 28.8. The van der Waals surface area contributed by atoms with Gasteiger partial charge in [-0.2, -0.15) is 0 Å². The molecule has 11 aromatic rings. The number of rotatable bonds is 4. The molecule has 0 saturated heterocycles. The highest BCUT2D eigenvalue weighted by atomic mass is 15.0. The van der Waals surface area contributed by atoms with Crippen LogP contribution in [0.25, 0.3) is 77.2 Å². The Hall–Kier alpha value is -7.42. The Kier molecular flexibility index (Phi) is 6.59. The van der Waals surface area contributed by atoms with Crippen molar-refractivity contribution in [2.45, 2.75) is 11.8 Å². The summed E-state index contributed by atoms with van der Waals surface area (Å²) in [6, 6.07) is 76.8. The van der Waals surface area contributed by atoms with Crippen LogP contribution < -0.4 is 0 Å².